The standard InChI is InChI=1S/C10H13ClN2S/c11-9-1-4-12-7-10(9)13-8-2-5-14-6-3-8/h1,4,7-8,13H,2-3,5-6H2. The molecule has 2 heterocycles. The molecule has 1 aromatic rings. The highest BCUT2D eigenvalue weighted by Crippen LogP contribution is 2.24. The predicted octanol–water partition coefficient (Wildman–Crippen LogP) is 3.04. The summed E-state index contributed by atoms with van der Waals surface area (Å²) in [6.45, 7) is 0. The molecule has 1 aliphatic heterocycles. The van der Waals surface area contributed by atoms with Gasteiger partial charge >= 0.3 is 0 Å². The molecule has 0 aromatic carbocycles. The summed E-state index contributed by atoms with van der Waals surface area (Å²) in [5.41, 5.74) is 0.964. The van der Waals surface area contributed by atoms with E-state index in [0.29, 0.717) is 6.04 Å². The number of rotatable bonds is 2. The number of aromatic nitrogens is 1. The molecule has 2 nitrogen and oxygen atoms in total. The first-order valence-electron chi connectivity index (χ1n) is 4.80. The highest BCUT2D eigenvalue weighted by atomic mass is 35.5. The van der Waals surface area contributed by atoms with Gasteiger partial charge in [0.15, 0.2) is 0 Å². The van der Waals surface area contributed by atoms with E-state index in [1.165, 1.54) is 24.3 Å². The minimum absolute atomic E-state index is 0.568. The molecule has 0 spiro atoms. The molecule has 1 aromatic heterocycles. The van der Waals surface area contributed by atoms with Gasteiger partial charge in [-0.3, -0.25) is 4.98 Å². The second kappa shape index (κ2) is 4.89. The Morgan fingerprint density at radius 1 is 1.43 bits per heavy atom. The zero-order chi connectivity index (χ0) is 9.80. The number of pyridine rings is 1. The average molecular weight is 229 g/mol. The van der Waals surface area contributed by atoms with Crippen molar-refractivity contribution in [3.8, 4) is 0 Å². The van der Waals surface area contributed by atoms with Crippen LogP contribution in [0.5, 0.6) is 0 Å². The van der Waals surface area contributed by atoms with E-state index in [-0.39, 0.29) is 0 Å². The molecule has 0 unspecified atom stereocenters. The first-order chi connectivity index (χ1) is 6.86. The fraction of sp³-hybridized carbons (Fsp3) is 0.500. The maximum absolute atomic E-state index is 6.04. The Balaban J connectivity index is 1.99. The molecule has 0 aliphatic carbocycles. The molecule has 1 aliphatic rings. The molecule has 14 heavy (non-hydrogen) atoms. The first-order valence-corrected chi connectivity index (χ1v) is 6.33. The SMILES string of the molecule is Clc1ccncc1NC1CCSCC1. The lowest BCUT2D eigenvalue weighted by atomic mass is 10.1. The van der Waals surface area contributed by atoms with Crippen molar-refractivity contribution in [1.29, 1.82) is 0 Å². The fourth-order valence-electron chi connectivity index (χ4n) is 1.55. The minimum atomic E-state index is 0.568. The number of thioether (sulfide) groups is 1. The Bertz CT molecular complexity index is 300. The lowest BCUT2D eigenvalue weighted by Gasteiger charge is -2.23. The van der Waals surface area contributed by atoms with Crippen molar-refractivity contribution >= 4 is 29.1 Å². The van der Waals surface area contributed by atoms with Gasteiger partial charge in [0.25, 0.3) is 0 Å². The molecule has 1 fully saturated rings. The van der Waals surface area contributed by atoms with E-state index in [0.717, 1.165) is 10.7 Å². The molecule has 76 valence electrons. The van der Waals surface area contributed by atoms with Crippen LogP contribution < -0.4 is 5.32 Å². The van der Waals surface area contributed by atoms with E-state index in [1.807, 2.05) is 17.8 Å². The van der Waals surface area contributed by atoms with Crippen molar-refractivity contribution in [3.05, 3.63) is 23.5 Å². The van der Waals surface area contributed by atoms with Crippen LogP contribution >= 0.6 is 23.4 Å². The monoisotopic (exact) mass is 228 g/mol. The maximum atomic E-state index is 6.04. The van der Waals surface area contributed by atoms with Gasteiger partial charge in [-0.1, -0.05) is 11.6 Å². The topological polar surface area (TPSA) is 24.9 Å². The second-order valence-electron chi connectivity index (χ2n) is 3.39. The minimum Gasteiger partial charge on any atom is -0.380 e. The maximum Gasteiger partial charge on any atom is 0.0718 e. The zero-order valence-corrected chi connectivity index (χ0v) is 9.44. The third-order valence-electron chi connectivity index (χ3n) is 2.35. The van der Waals surface area contributed by atoms with Crippen LogP contribution in [0.4, 0.5) is 5.69 Å². The number of halogens is 1. The second-order valence-corrected chi connectivity index (χ2v) is 5.02. The molecule has 1 N–H and O–H groups in total. The third kappa shape index (κ3) is 2.55. The van der Waals surface area contributed by atoms with Crippen LogP contribution in [0.1, 0.15) is 12.8 Å². The molecule has 0 bridgehead atoms. The molecule has 1 saturated heterocycles. The summed E-state index contributed by atoms with van der Waals surface area (Å²) in [7, 11) is 0. The molecule has 0 atom stereocenters. The van der Waals surface area contributed by atoms with Crippen molar-refractivity contribution < 1.29 is 0 Å². The summed E-state index contributed by atoms with van der Waals surface area (Å²) in [5, 5.41) is 4.20. The molecule has 0 radical (unpaired) electrons. The summed E-state index contributed by atoms with van der Waals surface area (Å²) in [4.78, 5) is 4.06. The van der Waals surface area contributed by atoms with Gasteiger partial charge in [-0.15, -0.1) is 0 Å². The van der Waals surface area contributed by atoms with Crippen LogP contribution in [0, 0.1) is 0 Å². The summed E-state index contributed by atoms with van der Waals surface area (Å²) >= 11 is 8.06. The third-order valence-corrected chi connectivity index (χ3v) is 3.73. The van der Waals surface area contributed by atoms with Crippen LogP contribution in [-0.4, -0.2) is 22.5 Å². The number of nitrogens with zero attached hydrogens (tertiary/aromatic N) is 1. The van der Waals surface area contributed by atoms with Crippen LogP contribution in [-0.2, 0) is 0 Å². The molecule has 4 heteroatoms. The largest absolute Gasteiger partial charge is 0.380 e. The van der Waals surface area contributed by atoms with Gasteiger partial charge in [0.1, 0.15) is 0 Å². The quantitative estimate of drug-likeness (QED) is 0.843. The summed E-state index contributed by atoms with van der Waals surface area (Å²) in [6, 6.07) is 2.39. The first kappa shape index (κ1) is 10.1. The van der Waals surface area contributed by atoms with Crippen LogP contribution in [0.25, 0.3) is 0 Å². The van der Waals surface area contributed by atoms with Gasteiger partial charge < -0.3 is 5.32 Å². The van der Waals surface area contributed by atoms with Gasteiger partial charge in [0.05, 0.1) is 16.9 Å². The highest BCUT2D eigenvalue weighted by molar-refractivity contribution is 7.99. The van der Waals surface area contributed by atoms with Crippen molar-refractivity contribution in [2.24, 2.45) is 0 Å². The van der Waals surface area contributed by atoms with E-state index in [2.05, 4.69) is 10.3 Å². The molecular weight excluding hydrogens is 216 g/mol. The Morgan fingerprint density at radius 3 is 2.93 bits per heavy atom. The average Bonchev–Trinajstić information content (AvgIpc) is 2.23. The van der Waals surface area contributed by atoms with Crippen LogP contribution in [0.3, 0.4) is 0 Å². The predicted molar refractivity (Wildman–Crippen MR) is 63.2 cm³/mol. The fourth-order valence-corrected chi connectivity index (χ4v) is 2.81. The van der Waals surface area contributed by atoms with E-state index in [9.17, 15) is 0 Å². The van der Waals surface area contributed by atoms with E-state index in [1.54, 1.807) is 12.4 Å². The lowest BCUT2D eigenvalue weighted by molar-refractivity contribution is 0.666. The summed E-state index contributed by atoms with van der Waals surface area (Å²) in [5.74, 6) is 2.49. The highest BCUT2D eigenvalue weighted by Gasteiger charge is 2.14. The Labute approximate surface area is 93.4 Å². The summed E-state index contributed by atoms with van der Waals surface area (Å²) < 4.78 is 0. The molecule has 0 saturated carbocycles. The van der Waals surface area contributed by atoms with Crippen molar-refractivity contribution in [2.45, 2.75) is 18.9 Å². The van der Waals surface area contributed by atoms with Gasteiger partial charge in [-0.05, 0) is 30.4 Å². The normalized spacial score (nSPS) is 18.1. The molecular formula is C10H13ClN2S. The van der Waals surface area contributed by atoms with E-state index in [4.69, 9.17) is 11.6 Å². The number of hydrogen-bond acceptors (Lipinski definition) is 3. The smallest absolute Gasteiger partial charge is 0.0718 e. The number of nitrogens with one attached hydrogen (secondary N) is 1. The Kier molecular flexibility index (Phi) is 3.54. The van der Waals surface area contributed by atoms with Crippen LogP contribution in [0.2, 0.25) is 5.02 Å². The van der Waals surface area contributed by atoms with Gasteiger partial charge in [0, 0.05) is 12.2 Å². The van der Waals surface area contributed by atoms with Crippen LogP contribution in [0.15, 0.2) is 18.5 Å². The van der Waals surface area contributed by atoms with Crippen molar-refractivity contribution in [3.63, 3.8) is 0 Å². The number of anilines is 1. The van der Waals surface area contributed by atoms with E-state index >= 15 is 0 Å². The Morgan fingerprint density at radius 2 is 2.21 bits per heavy atom. The van der Waals surface area contributed by atoms with E-state index < -0.39 is 0 Å². The van der Waals surface area contributed by atoms with Gasteiger partial charge in [0.2, 0.25) is 0 Å². The van der Waals surface area contributed by atoms with Gasteiger partial charge in [-0.25, -0.2) is 0 Å². The zero-order valence-electron chi connectivity index (χ0n) is 7.87. The lowest BCUT2D eigenvalue weighted by Crippen LogP contribution is -2.24. The Hall–Kier alpha value is -0.410. The summed E-state index contributed by atoms with van der Waals surface area (Å²) in [6.07, 6.45) is 5.94. The van der Waals surface area contributed by atoms with Crippen molar-refractivity contribution in [2.75, 3.05) is 16.8 Å². The van der Waals surface area contributed by atoms with Crippen molar-refractivity contribution in [1.82, 2.24) is 4.98 Å². The molecule has 2 rings (SSSR count). The number of hydrogen-bond donors (Lipinski definition) is 1. The molecule has 0 amide bonds. The van der Waals surface area contributed by atoms with Gasteiger partial charge in [-0.2, -0.15) is 11.8 Å².